The van der Waals surface area contributed by atoms with E-state index in [-0.39, 0.29) is 27.8 Å². The van der Waals surface area contributed by atoms with E-state index < -0.39 is 11.9 Å². The maximum absolute atomic E-state index is 12.5. The van der Waals surface area contributed by atoms with Gasteiger partial charge < -0.3 is 24.3 Å². The summed E-state index contributed by atoms with van der Waals surface area (Å²) >= 11 is 0.963. The number of thiophene rings is 1. The lowest BCUT2D eigenvalue weighted by atomic mass is 10.1. The number of ether oxygens (including phenoxy) is 4. The van der Waals surface area contributed by atoms with Gasteiger partial charge in [-0.3, -0.25) is 4.79 Å². The van der Waals surface area contributed by atoms with Crippen LogP contribution < -0.4 is 14.8 Å². The fourth-order valence-electron chi connectivity index (χ4n) is 2.58. The van der Waals surface area contributed by atoms with Crippen LogP contribution in [0.3, 0.4) is 0 Å². The minimum atomic E-state index is -0.648. The summed E-state index contributed by atoms with van der Waals surface area (Å²) in [5.41, 5.74) is 1.22. The molecule has 1 aromatic heterocycles. The van der Waals surface area contributed by atoms with Crippen molar-refractivity contribution < 1.29 is 33.3 Å². The Bertz CT molecular complexity index is 904. The van der Waals surface area contributed by atoms with Crippen LogP contribution in [0.2, 0.25) is 0 Å². The van der Waals surface area contributed by atoms with Crippen molar-refractivity contribution in [1.82, 2.24) is 0 Å². The van der Waals surface area contributed by atoms with Crippen molar-refractivity contribution in [2.24, 2.45) is 0 Å². The van der Waals surface area contributed by atoms with Crippen LogP contribution in [0, 0.1) is 6.92 Å². The van der Waals surface area contributed by atoms with E-state index in [1.165, 1.54) is 28.4 Å². The smallest absolute Gasteiger partial charge is 0.348 e. The van der Waals surface area contributed by atoms with E-state index >= 15 is 0 Å². The van der Waals surface area contributed by atoms with Gasteiger partial charge in [-0.05, 0) is 30.2 Å². The minimum Gasteiger partial charge on any atom is -0.493 e. The maximum Gasteiger partial charge on any atom is 0.348 e. The molecule has 0 unspecified atom stereocenters. The first kappa shape index (κ1) is 21.2. The van der Waals surface area contributed by atoms with Crippen LogP contribution in [0.4, 0.5) is 5.00 Å². The second-order valence-electron chi connectivity index (χ2n) is 5.66. The van der Waals surface area contributed by atoms with Crippen molar-refractivity contribution in [3.05, 3.63) is 39.8 Å². The van der Waals surface area contributed by atoms with Crippen LogP contribution in [0.1, 0.15) is 31.2 Å². The number of hydrogen-bond acceptors (Lipinski definition) is 8. The molecule has 0 aliphatic carbocycles. The maximum atomic E-state index is 12.5. The quantitative estimate of drug-likeness (QED) is 0.705. The monoisotopic (exact) mass is 407 g/mol. The average molecular weight is 407 g/mol. The third kappa shape index (κ3) is 4.42. The van der Waals surface area contributed by atoms with E-state index in [9.17, 15) is 14.4 Å². The van der Waals surface area contributed by atoms with Crippen molar-refractivity contribution in [2.75, 3.05) is 33.8 Å². The van der Waals surface area contributed by atoms with Gasteiger partial charge in [0.1, 0.15) is 9.88 Å². The Hall–Kier alpha value is -3.07. The SMILES string of the molecule is COC(=O)c1sc(NC(=O)Cc2ccc(OC)c(OC)c2)c(C(=O)OC)c1C. The summed E-state index contributed by atoms with van der Waals surface area (Å²) in [4.78, 5) is 36.8. The van der Waals surface area contributed by atoms with Gasteiger partial charge in [0.05, 0.1) is 40.4 Å². The molecule has 9 heteroatoms. The molecule has 0 aliphatic rings. The molecular formula is C19H21NO7S. The van der Waals surface area contributed by atoms with Gasteiger partial charge in [-0.1, -0.05) is 6.07 Å². The van der Waals surface area contributed by atoms with Crippen LogP contribution >= 0.6 is 11.3 Å². The predicted molar refractivity (Wildman–Crippen MR) is 104 cm³/mol. The molecule has 0 fully saturated rings. The van der Waals surface area contributed by atoms with E-state index in [2.05, 4.69) is 5.32 Å². The third-order valence-corrected chi connectivity index (χ3v) is 5.16. The molecule has 150 valence electrons. The summed E-state index contributed by atoms with van der Waals surface area (Å²) < 4.78 is 19.9. The van der Waals surface area contributed by atoms with E-state index in [4.69, 9.17) is 18.9 Å². The molecule has 28 heavy (non-hydrogen) atoms. The third-order valence-electron chi connectivity index (χ3n) is 3.97. The topological polar surface area (TPSA) is 100 Å². The van der Waals surface area contributed by atoms with Gasteiger partial charge in [0.15, 0.2) is 11.5 Å². The molecule has 2 aromatic rings. The highest BCUT2D eigenvalue weighted by Gasteiger charge is 2.26. The van der Waals surface area contributed by atoms with Gasteiger partial charge >= 0.3 is 11.9 Å². The number of benzene rings is 1. The highest BCUT2D eigenvalue weighted by atomic mass is 32.1. The average Bonchev–Trinajstić information content (AvgIpc) is 3.02. The molecule has 0 atom stereocenters. The van der Waals surface area contributed by atoms with Gasteiger partial charge in [-0.25, -0.2) is 9.59 Å². The van der Waals surface area contributed by atoms with E-state index in [0.29, 0.717) is 22.6 Å². The zero-order valence-electron chi connectivity index (χ0n) is 16.2. The normalized spacial score (nSPS) is 10.2. The van der Waals surface area contributed by atoms with Crippen LogP contribution in [0.5, 0.6) is 11.5 Å². The zero-order valence-corrected chi connectivity index (χ0v) is 17.0. The highest BCUT2D eigenvalue weighted by Crippen LogP contribution is 2.34. The highest BCUT2D eigenvalue weighted by molar-refractivity contribution is 7.18. The first-order valence-electron chi connectivity index (χ1n) is 8.17. The second kappa shape index (κ2) is 9.23. The lowest BCUT2D eigenvalue weighted by Gasteiger charge is -2.10. The number of nitrogens with one attached hydrogen (secondary N) is 1. The molecule has 8 nitrogen and oxygen atoms in total. The van der Waals surface area contributed by atoms with Crippen LogP contribution in [0.15, 0.2) is 18.2 Å². The zero-order chi connectivity index (χ0) is 20.8. The Morgan fingerprint density at radius 3 is 2.18 bits per heavy atom. The summed E-state index contributed by atoms with van der Waals surface area (Å²) in [5, 5.41) is 2.91. The molecule has 1 aromatic carbocycles. The van der Waals surface area contributed by atoms with Gasteiger partial charge in [0, 0.05) is 0 Å². The minimum absolute atomic E-state index is 0.0332. The number of esters is 2. The predicted octanol–water partition coefficient (Wildman–Crippen LogP) is 2.83. The summed E-state index contributed by atoms with van der Waals surface area (Å²) in [6.07, 6.45) is 0.0332. The van der Waals surface area contributed by atoms with E-state index in [1.54, 1.807) is 25.1 Å². The largest absolute Gasteiger partial charge is 0.493 e. The molecule has 1 amide bonds. The van der Waals surface area contributed by atoms with Crippen molar-refractivity contribution >= 4 is 34.2 Å². The Labute approximate surface area is 166 Å². The standard InChI is InChI=1S/C19H21NO7S/c1-10-15(18(22)26-4)17(28-16(10)19(23)27-5)20-14(21)9-11-6-7-12(24-2)13(8-11)25-3/h6-8H,9H2,1-5H3,(H,20,21). The first-order valence-corrected chi connectivity index (χ1v) is 8.98. The molecule has 0 saturated heterocycles. The van der Waals surface area contributed by atoms with Crippen LogP contribution in [-0.4, -0.2) is 46.3 Å². The van der Waals surface area contributed by atoms with Crippen molar-refractivity contribution in [1.29, 1.82) is 0 Å². The number of methoxy groups -OCH3 is 4. The lowest BCUT2D eigenvalue weighted by Crippen LogP contribution is -2.16. The number of carbonyl (C=O) groups is 3. The fourth-order valence-corrected chi connectivity index (χ4v) is 3.71. The van der Waals surface area contributed by atoms with Gasteiger partial charge in [-0.2, -0.15) is 0 Å². The molecular weight excluding hydrogens is 386 g/mol. The molecule has 0 spiro atoms. The van der Waals surface area contributed by atoms with Crippen molar-refractivity contribution in [2.45, 2.75) is 13.3 Å². The Morgan fingerprint density at radius 2 is 1.61 bits per heavy atom. The summed E-state index contributed by atoms with van der Waals surface area (Å²) in [7, 11) is 5.50. The molecule has 1 N–H and O–H groups in total. The lowest BCUT2D eigenvalue weighted by molar-refractivity contribution is -0.115. The Kier molecular flexibility index (Phi) is 7.00. The second-order valence-corrected chi connectivity index (χ2v) is 6.68. The van der Waals surface area contributed by atoms with Gasteiger partial charge in [0.2, 0.25) is 5.91 Å². The number of amides is 1. The number of carbonyl (C=O) groups excluding carboxylic acids is 3. The van der Waals surface area contributed by atoms with E-state index in [1.807, 2.05) is 0 Å². The number of hydrogen-bond donors (Lipinski definition) is 1. The molecule has 0 bridgehead atoms. The van der Waals surface area contributed by atoms with Crippen molar-refractivity contribution in [3.63, 3.8) is 0 Å². The summed E-state index contributed by atoms with van der Waals surface area (Å²) in [6.45, 7) is 1.60. The molecule has 2 rings (SSSR count). The fraction of sp³-hybridized carbons (Fsp3) is 0.316. The van der Waals surface area contributed by atoms with Crippen LogP contribution in [-0.2, 0) is 20.7 Å². The first-order chi connectivity index (χ1) is 13.4. The van der Waals surface area contributed by atoms with Gasteiger partial charge in [-0.15, -0.1) is 11.3 Å². The molecule has 1 heterocycles. The molecule has 0 radical (unpaired) electrons. The Balaban J connectivity index is 2.28. The summed E-state index contributed by atoms with van der Waals surface area (Å²) in [5.74, 6) is -0.548. The van der Waals surface area contributed by atoms with Crippen molar-refractivity contribution in [3.8, 4) is 11.5 Å². The molecule has 0 aliphatic heterocycles. The summed E-state index contributed by atoms with van der Waals surface area (Å²) in [6, 6.07) is 5.13. The Morgan fingerprint density at radius 1 is 0.964 bits per heavy atom. The number of anilines is 1. The van der Waals surface area contributed by atoms with Gasteiger partial charge in [0.25, 0.3) is 0 Å². The van der Waals surface area contributed by atoms with Crippen LogP contribution in [0.25, 0.3) is 0 Å². The number of rotatable bonds is 7. The van der Waals surface area contributed by atoms with E-state index in [0.717, 1.165) is 11.3 Å². The molecule has 0 saturated carbocycles.